The molecule has 0 aliphatic carbocycles. The van der Waals surface area contributed by atoms with E-state index in [-0.39, 0.29) is 11.9 Å². The van der Waals surface area contributed by atoms with E-state index in [9.17, 15) is 4.39 Å². The monoisotopic (exact) mass is 325 g/mol. The molecule has 114 valence electrons. The molecule has 1 unspecified atom stereocenters. The van der Waals surface area contributed by atoms with E-state index in [0.29, 0.717) is 5.56 Å². The first kappa shape index (κ1) is 16.4. The van der Waals surface area contributed by atoms with Crippen LogP contribution in [-0.2, 0) is 6.42 Å². The van der Waals surface area contributed by atoms with Crippen LogP contribution in [0.4, 0.5) is 4.39 Å². The Labute approximate surface area is 133 Å². The van der Waals surface area contributed by atoms with Crippen molar-refractivity contribution in [2.75, 3.05) is 6.54 Å². The highest BCUT2D eigenvalue weighted by Gasteiger charge is 2.17. The molecule has 6 heteroatoms. The average molecular weight is 325 g/mol. The molecule has 0 radical (unpaired) electrons. The van der Waals surface area contributed by atoms with Crippen LogP contribution < -0.4 is 5.32 Å². The van der Waals surface area contributed by atoms with E-state index < -0.39 is 0 Å². The minimum Gasteiger partial charge on any atom is -0.310 e. The minimum atomic E-state index is -0.170. The van der Waals surface area contributed by atoms with Gasteiger partial charge in [0, 0.05) is 22.9 Å². The molecule has 1 N–H and O–H groups in total. The number of benzene rings is 1. The lowest BCUT2D eigenvalue weighted by Gasteiger charge is -2.17. The minimum absolute atomic E-state index is 0.0211. The Balaban J connectivity index is 2.24. The van der Waals surface area contributed by atoms with E-state index in [1.165, 1.54) is 29.4 Å². The van der Waals surface area contributed by atoms with Gasteiger partial charge in [0.05, 0.1) is 0 Å². The van der Waals surface area contributed by atoms with Crippen LogP contribution in [0.2, 0.25) is 0 Å². The number of rotatable bonds is 7. The molecule has 0 aliphatic rings. The molecule has 1 aromatic carbocycles. The lowest BCUT2D eigenvalue weighted by Crippen LogP contribution is -2.20. The van der Waals surface area contributed by atoms with Gasteiger partial charge in [0.1, 0.15) is 11.6 Å². The van der Waals surface area contributed by atoms with Gasteiger partial charge >= 0.3 is 0 Å². The van der Waals surface area contributed by atoms with E-state index in [4.69, 9.17) is 0 Å². The summed E-state index contributed by atoms with van der Waals surface area (Å²) in [4.78, 5) is 5.35. The normalized spacial score (nSPS) is 12.6. The first-order valence-electron chi connectivity index (χ1n) is 7.17. The number of halogens is 1. The number of hydrogen-bond donors (Lipinski definition) is 1. The zero-order valence-electron chi connectivity index (χ0n) is 12.5. The van der Waals surface area contributed by atoms with Gasteiger partial charge in [-0.15, -0.1) is 0 Å². The largest absolute Gasteiger partial charge is 0.310 e. The van der Waals surface area contributed by atoms with Crippen LogP contribution in [0.15, 0.2) is 27.4 Å². The Morgan fingerprint density at radius 3 is 2.86 bits per heavy atom. The molecule has 1 atom stereocenters. The zero-order chi connectivity index (χ0) is 15.2. The molecular weight excluding hydrogens is 305 g/mol. The van der Waals surface area contributed by atoms with Gasteiger partial charge in [-0.1, -0.05) is 31.7 Å². The van der Waals surface area contributed by atoms with Crippen LogP contribution in [0.5, 0.6) is 0 Å². The second-order valence-electron chi connectivity index (χ2n) is 4.76. The Morgan fingerprint density at radius 2 is 2.19 bits per heavy atom. The first-order valence-corrected chi connectivity index (χ1v) is 8.76. The number of nitrogens with zero attached hydrogens (tertiary/aromatic N) is 2. The molecule has 1 aromatic heterocycles. The van der Waals surface area contributed by atoms with Crippen molar-refractivity contribution in [3.05, 3.63) is 35.4 Å². The lowest BCUT2D eigenvalue weighted by molar-refractivity contribution is 0.519. The van der Waals surface area contributed by atoms with Crippen molar-refractivity contribution < 1.29 is 4.39 Å². The topological polar surface area (TPSA) is 37.8 Å². The summed E-state index contributed by atoms with van der Waals surface area (Å²) in [5.74, 6) is 0.675. The van der Waals surface area contributed by atoms with Gasteiger partial charge in [-0.05, 0) is 43.6 Å². The molecule has 2 rings (SSSR count). The highest BCUT2D eigenvalue weighted by atomic mass is 32.2. The van der Waals surface area contributed by atoms with Crippen molar-refractivity contribution in [2.24, 2.45) is 0 Å². The fourth-order valence-corrected chi connectivity index (χ4v) is 3.91. The van der Waals surface area contributed by atoms with Gasteiger partial charge in [-0.25, -0.2) is 9.37 Å². The molecule has 0 bridgehead atoms. The molecule has 2 aromatic rings. The maximum atomic E-state index is 14.2. The van der Waals surface area contributed by atoms with Crippen LogP contribution in [0.3, 0.4) is 0 Å². The molecule has 0 spiro atoms. The van der Waals surface area contributed by atoms with E-state index >= 15 is 0 Å². The number of hydrogen-bond acceptors (Lipinski definition) is 5. The number of aryl methyl sites for hydroxylation is 1. The fraction of sp³-hybridized carbons (Fsp3) is 0.467. The summed E-state index contributed by atoms with van der Waals surface area (Å²) < 4.78 is 19.4. The van der Waals surface area contributed by atoms with Crippen LogP contribution in [0.25, 0.3) is 0 Å². The average Bonchev–Trinajstić information content (AvgIpc) is 2.92. The number of aromatic nitrogens is 2. The summed E-state index contributed by atoms with van der Waals surface area (Å²) in [6, 6.07) is 5.18. The van der Waals surface area contributed by atoms with Crippen molar-refractivity contribution in [2.45, 2.75) is 48.9 Å². The second kappa shape index (κ2) is 7.87. The molecule has 0 amide bonds. The zero-order valence-corrected chi connectivity index (χ0v) is 14.2. The fourth-order valence-electron chi connectivity index (χ4n) is 2.01. The summed E-state index contributed by atoms with van der Waals surface area (Å²) in [5.41, 5.74) is 0.712. The predicted octanol–water partition coefficient (Wildman–Crippen LogP) is 4.45. The highest BCUT2D eigenvalue weighted by molar-refractivity contribution is 8.01. The molecule has 0 saturated heterocycles. The maximum absolute atomic E-state index is 14.2. The second-order valence-corrected chi connectivity index (χ2v) is 6.80. The van der Waals surface area contributed by atoms with E-state index in [0.717, 1.165) is 34.4 Å². The highest BCUT2D eigenvalue weighted by Crippen LogP contribution is 2.35. The summed E-state index contributed by atoms with van der Waals surface area (Å²) in [7, 11) is 0. The molecule has 1 heterocycles. The molecule has 3 nitrogen and oxygen atoms in total. The first-order chi connectivity index (χ1) is 10.2. The third kappa shape index (κ3) is 4.25. The lowest BCUT2D eigenvalue weighted by atomic mass is 10.1. The third-order valence-electron chi connectivity index (χ3n) is 3.11. The van der Waals surface area contributed by atoms with Crippen LogP contribution >= 0.6 is 23.3 Å². The van der Waals surface area contributed by atoms with Gasteiger partial charge in [-0.3, -0.25) is 0 Å². The molecule has 0 saturated carbocycles. The summed E-state index contributed by atoms with van der Waals surface area (Å²) in [5, 5.41) is 3.35. The summed E-state index contributed by atoms with van der Waals surface area (Å²) in [6.45, 7) is 7.00. The van der Waals surface area contributed by atoms with Crippen molar-refractivity contribution in [1.82, 2.24) is 14.7 Å². The summed E-state index contributed by atoms with van der Waals surface area (Å²) in [6.07, 6.45) is 1.85. The van der Waals surface area contributed by atoms with Crippen LogP contribution in [0.1, 0.15) is 44.6 Å². The van der Waals surface area contributed by atoms with E-state index in [2.05, 4.69) is 21.6 Å². The SMILES string of the molecule is CCCNC(C)c1c(F)cccc1Sc1nc(CC)ns1. The van der Waals surface area contributed by atoms with Gasteiger partial charge in [0.15, 0.2) is 4.34 Å². The van der Waals surface area contributed by atoms with E-state index in [1.807, 2.05) is 19.9 Å². The van der Waals surface area contributed by atoms with Crippen molar-refractivity contribution in [3.8, 4) is 0 Å². The molecular formula is C15H20FN3S2. The Kier molecular flexibility index (Phi) is 6.14. The van der Waals surface area contributed by atoms with Crippen LogP contribution in [-0.4, -0.2) is 15.9 Å². The third-order valence-corrected chi connectivity index (χ3v) is 4.97. The van der Waals surface area contributed by atoms with Crippen molar-refractivity contribution in [1.29, 1.82) is 0 Å². The van der Waals surface area contributed by atoms with Crippen molar-refractivity contribution >= 4 is 23.3 Å². The smallest absolute Gasteiger partial charge is 0.174 e. The Morgan fingerprint density at radius 1 is 1.38 bits per heavy atom. The quantitative estimate of drug-likeness (QED) is 0.816. The standard InChI is InChI=1S/C15H20FN3S2/c1-4-9-17-10(3)14-11(16)7-6-8-12(14)20-15-18-13(5-2)19-21-15/h6-8,10,17H,4-5,9H2,1-3H3. The van der Waals surface area contributed by atoms with Crippen molar-refractivity contribution in [3.63, 3.8) is 0 Å². The summed E-state index contributed by atoms with van der Waals surface area (Å²) >= 11 is 2.86. The maximum Gasteiger partial charge on any atom is 0.174 e. The van der Waals surface area contributed by atoms with Gasteiger partial charge in [0.2, 0.25) is 0 Å². The predicted molar refractivity (Wildman–Crippen MR) is 86.5 cm³/mol. The molecule has 21 heavy (non-hydrogen) atoms. The van der Waals surface area contributed by atoms with Crippen LogP contribution in [0, 0.1) is 5.82 Å². The Hall–Kier alpha value is -0.980. The molecule has 0 fully saturated rings. The van der Waals surface area contributed by atoms with E-state index in [1.54, 1.807) is 6.07 Å². The molecule has 0 aliphatic heterocycles. The van der Waals surface area contributed by atoms with Gasteiger partial charge < -0.3 is 5.32 Å². The van der Waals surface area contributed by atoms with Gasteiger partial charge in [0.25, 0.3) is 0 Å². The van der Waals surface area contributed by atoms with Gasteiger partial charge in [-0.2, -0.15) is 4.37 Å². The number of nitrogens with one attached hydrogen (secondary N) is 1. The Bertz CT molecular complexity index is 586.